The van der Waals surface area contributed by atoms with Crippen molar-refractivity contribution in [2.24, 2.45) is 0 Å². The van der Waals surface area contributed by atoms with Gasteiger partial charge in [-0.2, -0.15) is 0 Å². The number of methoxy groups -OCH3 is 1. The molecule has 550 valence electrons. The molecule has 3 fully saturated rings. The van der Waals surface area contributed by atoms with Gasteiger partial charge in [-0.3, -0.25) is 0 Å². The molecule has 9 aromatic carbocycles. The van der Waals surface area contributed by atoms with Crippen molar-refractivity contribution in [1.82, 2.24) is 4.98 Å². The molecule has 0 spiro atoms. The summed E-state index contributed by atoms with van der Waals surface area (Å²) >= 11 is 0. The van der Waals surface area contributed by atoms with Gasteiger partial charge in [0.05, 0.1) is 72.7 Å². The molecule has 106 heavy (non-hydrogen) atoms. The van der Waals surface area contributed by atoms with Crippen molar-refractivity contribution in [2.45, 2.75) is 152 Å². The van der Waals surface area contributed by atoms with Crippen molar-refractivity contribution in [3.05, 3.63) is 353 Å². The number of nitrogens with zero attached hydrogens (tertiary/aromatic N) is 1. The minimum absolute atomic E-state index is 0.119. The molecule has 0 radical (unpaired) electrons. The zero-order valence-corrected chi connectivity index (χ0v) is 59.3. The largest absolute Gasteiger partial charge is 0.458 e. The first-order valence-electron chi connectivity index (χ1n) is 36.1. The average molecular weight is 1430 g/mol. The van der Waals surface area contributed by atoms with E-state index in [1.54, 1.807) is 25.3 Å². The van der Waals surface area contributed by atoms with E-state index in [1.165, 1.54) is 6.20 Å². The number of carbonyl (C=O) groups excluding carboxylic acids is 1. The third-order valence-corrected chi connectivity index (χ3v) is 18.7. The Morgan fingerprint density at radius 1 is 0.264 bits per heavy atom. The van der Waals surface area contributed by atoms with E-state index in [9.17, 15) is 4.79 Å². The van der Waals surface area contributed by atoms with Gasteiger partial charge in [-0.25, -0.2) is 9.78 Å². The van der Waals surface area contributed by atoms with Crippen molar-refractivity contribution >= 4 is 5.97 Å². The maximum Gasteiger partial charge on any atom is 0.357 e. The molecule has 0 unspecified atom stereocenters. The van der Waals surface area contributed by atoms with Crippen molar-refractivity contribution in [2.75, 3.05) is 26.9 Å². The lowest BCUT2D eigenvalue weighted by Gasteiger charge is -2.48. The van der Waals surface area contributed by atoms with Crippen LogP contribution in [0.1, 0.15) is 60.6 Å². The second kappa shape index (κ2) is 40.1. The number of carbonyl (C=O) groups is 1. The molecule has 0 saturated carbocycles. The van der Waals surface area contributed by atoms with Gasteiger partial charge in [0.1, 0.15) is 85.5 Å². The van der Waals surface area contributed by atoms with Gasteiger partial charge in [0, 0.05) is 13.3 Å². The van der Waals surface area contributed by atoms with Crippen LogP contribution in [-0.4, -0.2) is 130 Å². The molecule has 10 aromatic rings. The van der Waals surface area contributed by atoms with Gasteiger partial charge in [0.15, 0.2) is 18.9 Å². The first kappa shape index (κ1) is 75.2. The molecule has 0 bridgehead atoms. The van der Waals surface area contributed by atoms with Crippen molar-refractivity contribution < 1.29 is 80.6 Å². The van der Waals surface area contributed by atoms with Gasteiger partial charge in [0.25, 0.3) is 0 Å². The van der Waals surface area contributed by atoms with Crippen LogP contribution in [0.15, 0.2) is 297 Å². The molecule has 18 nitrogen and oxygen atoms in total. The van der Waals surface area contributed by atoms with E-state index < -0.39 is 98.1 Å². The van der Waals surface area contributed by atoms with Gasteiger partial charge in [0.2, 0.25) is 0 Å². The fraction of sp³-hybridized carbons (Fsp3) is 0.318. The summed E-state index contributed by atoms with van der Waals surface area (Å²) in [4.78, 5) is 18.3. The van der Waals surface area contributed by atoms with Gasteiger partial charge in [-0.1, -0.05) is 279 Å². The predicted octanol–water partition coefficient (Wildman–Crippen LogP) is 14.4. The van der Waals surface area contributed by atoms with Gasteiger partial charge >= 0.3 is 5.97 Å². The Kier molecular flexibility index (Phi) is 28.5. The molecule has 0 N–H and O–H groups in total. The zero-order valence-electron chi connectivity index (χ0n) is 59.3. The Bertz CT molecular complexity index is 4080. The summed E-state index contributed by atoms with van der Waals surface area (Å²) < 4.78 is 113. The quantitative estimate of drug-likeness (QED) is 0.0336. The van der Waals surface area contributed by atoms with Gasteiger partial charge in [-0.05, 0) is 62.2 Å². The monoisotopic (exact) mass is 1430 g/mol. The fourth-order valence-electron chi connectivity index (χ4n) is 13.2. The Balaban J connectivity index is 0.882. The lowest BCUT2D eigenvalue weighted by Crippen LogP contribution is -2.65. The van der Waals surface area contributed by atoms with Crippen LogP contribution in [-0.2, 0) is 135 Å². The summed E-state index contributed by atoms with van der Waals surface area (Å²) in [5.74, 6) is -0.657. The number of benzene rings is 9. The minimum atomic E-state index is -1.26. The molecule has 4 heterocycles. The van der Waals surface area contributed by atoms with Crippen LogP contribution in [0.4, 0.5) is 0 Å². The van der Waals surface area contributed by atoms with Crippen LogP contribution in [0.5, 0.6) is 0 Å². The molecule has 0 amide bonds. The highest BCUT2D eigenvalue weighted by Gasteiger charge is 2.54. The Hall–Kier alpha value is -9.00. The molecule has 1 aromatic heterocycles. The summed E-state index contributed by atoms with van der Waals surface area (Å²) in [6.07, 6.45) is -13.0. The normalized spacial score (nSPS) is 24.4. The molecule has 15 atom stereocenters. The SMILES string of the molecule is CO[C@H]1O[C@H](CO[C@@H]2O[C@H](CO[C@H]3O[C@H](COC(=O)c4ccccn4)[C@@H](OCc4ccccc4)[C@H](OCc4ccccc4)[C@H]3OCc3ccccc3)[C@@H](OCc3ccccc3)[C@H](OCc3ccccc3)[C@H]2OCc2ccccc2)[C@@H](OCc2ccccc2)[C@H](OCc2ccccc2)[C@H]1OCc1ccccc1. The third-order valence-electron chi connectivity index (χ3n) is 18.7. The summed E-state index contributed by atoms with van der Waals surface area (Å²) in [7, 11) is 1.59. The van der Waals surface area contributed by atoms with E-state index in [4.69, 9.17) is 75.8 Å². The number of rotatable bonds is 37. The minimum Gasteiger partial charge on any atom is -0.458 e. The van der Waals surface area contributed by atoms with E-state index in [-0.39, 0.29) is 85.0 Å². The average Bonchev–Trinajstić information content (AvgIpc) is 0.784. The molecular weight excluding hydrogens is 1340 g/mol. The summed E-state index contributed by atoms with van der Waals surface area (Å²) in [5, 5.41) is 0. The van der Waals surface area contributed by atoms with Crippen LogP contribution < -0.4 is 0 Å². The first-order chi connectivity index (χ1) is 52.4. The fourth-order valence-corrected chi connectivity index (χ4v) is 13.2. The predicted molar refractivity (Wildman–Crippen MR) is 395 cm³/mol. The van der Waals surface area contributed by atoms with Crippen LogP contribution in [0, 0.1) is 0 Å². The Morgan fingerprint density at radius 2 is 0.491 bits per heavy atom. The lowest BCUT2D eigenvalue weighted by molar-refractivity contribution is -0.361. The maximum absolute atomic E-state index is 14.0. The van der Waals surface area contributed by atoms with Crippen LogP contribution >= 0.6 is 0 Å². The highest BCUT2D eigenvalue weighted by Crippen LogP contribution is 2.38. The third kappa shape index (κ3) is 21.6. The molecule has 3 aliphatic heterocycles. The van der Waals surface area contributed by atoms with Crippen LogP contribution in [0.3, 0.4) is 0 Å². The highest BCUT2D eigenvalue weighted by atomic mass is 16.8. The number of hydrogen-bond acceptors (Lipinski definition) is 18. The Labute approximate surface area is 620 Å². The van der Waals surface area contributed by atoms with Crippen molar-refractivity contribution in [1.29, 1.82) is 0 Å². The van der Waals surface area contributed by atoms with Crippen molar-refractivity contribution in [3.8, 4) is 0 Å². The zero-order chi connectivity index (χ0) is 72.2. The number of pyridine rings is 1. The highest BCUT2D eigenvalue weighted by molar-refractivity contribution is 5.87. The number of aromatic nitrogens is 1. The van der Waals surface area contributed by atoms with Gasteiger partial charge < -0.3 is 75.8 Å². The molecule has 13 rings (SSSR count). The second-order valence-corrected chi connectivity index (χ2v) is 26.2. The topological polar surface area (TPSA) is 178 Å². The molecular formula is C88H91NO17. The van der Waals surface area contributed by atoms with Crippen molar-refractivity contribution in [3.63, 3.8) is 0 Å². The van der Waals surface area contributed by atoms with Gasteiger partial charge in [-0.15, -0.1) is 0 Å². The number of esters is 1. The number of hydrogen-bond donors (Lipinski definition) is 0. The lowest BCUT2D eigenvalue weighted by atomic mass is 9.96. The van der Waals surface area contributed by atoms with E-state index in [0.29, 0.717) is 0 Å². The first-order valence-corrected chi connectivity index (χ1v) is 36.1. The summed E-state index contributed by atoms with van der Waals surface area (Å²) in [6, 6.07) is 94.2. The van der Waals surface area contributed by atoms with Crippen LogP contribution in [0.2, 0.25) is 0 Å². The standard InChI is InChI=1S/C88H91NO17/c1-91-86-82(98-57-69-43-23-8-24-44-69)79(95-54-66-37-17-5-18-38-66)77(93-52-64-33-13-3-14-34-64)74(104-86)61-102-88-84(100-59-71-47-27-10-28-48-71)81(97-56-68-41-21-7-22-42-68)78(94-53-65-35-15-4-16-36-65)75(106-88)62-103-87-83(99-58-70-45-25-9-26-46-70)80(96-55-67-39-19-6-20-40-67)76(92-51-63-31-11-2-12-32-63)73(105-87)60-101-85(90)72-49-29-30-50-89-72/h2-50,73-84,86-88H,51-62H2,1H3/t73-,74-,75-,76-,77-,78-,79+,80+,81+,82-,83-,84-,86+,87+,88-/m1/s1. The summed E-state index contributed by atoms with van der Waals surface area (Å²) in [5.41, 5.74) is 8.34. The van der Waals surface area contributed by atoms with Crippen LogP contribution in [0.25, 0.3) is 0 Å². The summed E-state index contributed by atoms with van der Waals surface area (Å²) in [6.45, 7) is 0.843. The smallest absolute Gasteiger partial charge is 0.357 e. The molecule has 3 aliphatic rings. The molecule has 3 saturated heterocycles. The Morgan fingerprint density at radius 3 is 0.745 bits per heavy atom. The van der Waals surface area contributed by atoms with E-state index in [1.807, 2.05) is 273 Å². The second-order valence-electron chi connectivity index (χ2n) is 26.2. The number of ether oxygens (including phenoxy) is 16. The maximum atomic E-state index is 14.0. The van der Waals surface area contributed by atoms with E-state index in [0.717, 1.165) is 50.1 Å². The molecule has 18 heteroatoms. The van der Waals surface area contributed by atoms with E-state index >= 15 is 0 Å². The van der Waals surface area contributed by atoms with E-state index in [2.05, 4.69) is 4.98 Å². The molecule has 0 aliphatic carbocycles.